The first-order valence-electron chi connectivity index (χ1n) is 4.79. The second kappa shape index (κ2) is 3.84. The highest BCUT2D eigenvalue weighted by molar-refractivity contribution is 6.20. The van der Waals surface area contributed by atoms with Crippen molar-refractivity contribution in [1.29, 1.82) is 0 Å². The summed E-state index contributed by atoms with van der Waals surface area (Å²) in [4.78, 5) is 34.2. The molecule has 82 valence electrons. The summed E-state index contributed by atoms with van der Waals surface area (Å²) in [6.07, 6.45) is 2.32. The number of carbonyl (C=O) groups is 3. The van der Waals surface area contributed by atoms with Crippen molar-refractivity contribution in [2.45, 2.75) is 27.2 Å². The van der Waals surface area contributed by atoms with Gasteiger partial charge in [0.15, 0.2) is 0 Å². The zero-order chi connectivity index (χ0) is 11.6. The minimum absolute atomic E-state index is 0.564. The fourth-order valence-corrected chi connectivity index (χ4v) is 1.73. The van der Waals surface area contributed by atoms with Gasteiger partial charge >= 0.3 is 6.03 Å². The van der Waals surface area contributed by atoms with Crippen LogP contribution in [0.4, 0.5) is 4.79 Å². The number of hydrogen-bond acceptors (Lipinski definition) is 3. The van der Waals surface area contributed by atoms with Crippen LogP contribution in [0.2, 0.25) is 0 Å². The number of rotatable bonds is 2. The number of barbiturate groups is 1. The molecular formula is C10H14N2O3. The minimum Gasteiger partial charge on any atom is -0.277 e. The van der Waals surface area contributed by atoms with Crippen LogP contribution in [0.1, 0.15) is 27.2 Å². The van der Waals surface area contributed by atoms with Gasteiger partial charge in [0.25, 0.3) is 0 Å². The summed E-state index contributed by atoms with van der Waals surface area (Å²) in [7, 11) is 0. The summed E-state index contributed by atoms with van der Waals surface area (Å²) < 4.78 is 0. The van der Waals surface area contributed by atoms with E-state index in [1.165, 1.54) is 6.92 Å². The maximum atomic E-state index is 11.7. The Balaban J connectivity index is 3.16. The van der Waals surface area contributed by atoms with Gasteiger partial charge in [0.05, 0.1) is 0 Å². The fraction of sp³-hybridized carbons (Fsp3) is 0.500. The molecule has 0 unspecified atom stereocenters. The minimum atomic E-state index is -1.27. The summed E-state index contributed by atoms with van der Waals surface area (Å²) in [6, 6.07) is -0.756. The maximum absolute atomic E-state index is 11.7. The maximum Gasteiger partial charge on any atom is 0.328 e. The van der Waals surface area contributed by atoms with Gasteiger partial charge in [0.1, 0.15) is 5.41 Å². The highest BCUT2D eigenvalue weighted by Gasteiger charge is 2.48. The van der Waals surface area contributed by atoms with Crippen molar-refractivity contribution in [1.82, 2.24) is 10.6 Å². The molecule has 0 atom stereocenters. The van der Waals surface area contributed by atoms with Gasteiger partial charge in [-0.1, -0.05) is 18.6 Å². The van der Waals surface area contributed by atoms with Crippen LogP contribution >= 0.6 is 0 Å². The molecule has 1 aliphatic heterocycles. The number of nitrogens with one attached hydrogen (secondary N) is 2. The average Bonchev–Trinajstić information content (AvgIpc) is 2.16. The molecule has 0 spiro atoms. The molecule has 5 nitrogen and oxygen atoms in total. The van der Waals surface area contributed by atoms with Crippen molar-refractivity contribution in [3.8, 4) is 0 Å². The highest BCUT2D eigenvalue weighted by atomic mass is 16.2. The molecule has 0 aromatic carbocycles. The lowest BCUT2D eigenvalue weighted by atomic mass is 9.77. The van der Waals surface area contributed by atoms with Crippen molar-refractivity contribution < 1.29 is 14.4 Å². The van der Waals surface area contributed by atoms with E-state index in [0.29, 0.717) is 12.0 Å². The Morgan fingerprint density at radius 3 is 2.07 bits per heavy atom. The molecule has 1 heterocycles. The number of carbonyl (C=O) groups excluding carboxylic acids is 3. The van der Waals surface area contributed by atoms with E-state index in [1.54, 1.807) is 13.0 Å². The third-order valence-corrected chi connectivity index (χ3v) is 2.73. The topological polar surface area (TPSA) is 75.3 Å². The molecule has 5 heteroatoms. The van der Waals surface area contributed by atoms with E-state index in [2.05, 4.69) is 10.6 Å². The smallest absolute Gasteiger partial charge is 0.277 e. The second-order valence-electron chi connectivity index (χ2n) is 3.53. The Labute approximate surface area is 87.9 Å². The summed E-state index contributed by atoms with van der Waals surface area (Å²) >= 11 is 0. The van der Waals surface area contributed by atoms with Crippen molar-refractivity contribution in [3.63, 3.8) is 0 Å². The van der Waals surface area contributed by atoms with Crippen molar-refractivity contribution in [2.24, 2.45) is 5.41 Å². The van der Waals surface area contributed by atoms with Gasteiger partial charge in [-0.25, -0.2) is 4.79 Å². The van der Waals surface area contributed by atoms with Gasteiger partial charge in [0.2, 0.25) is 11.8 Å². The first-order chi connectivity index (χ1) is 6.96. The second-order valence-corrected chi connectivity index (χ2v) is 3.53. The van der Waals surface area contributed by atoms with Gasteiger partial charge in [-0.2, -0.15) is 0 Å². The Kier molecular flexibility index (Phi) is 2.93. The zero-order valence-corrected chi connectivity index (χ0v) is 9.01. The fourth-order valence-electron chi connectivity index (χ4n) is 1.73. The predicted molar refractivity (Wildman–Crippen MR) is 53.8 cm³/mol. The first kappa shape index (κ1) is 11.4. The molecule has 2 N–H and O–H groups in total. The van der Waals surface area contributed by atoms with Crippen LogP contribution in [0.5, 0.6) is 0 Å². The molecule has 15 heavy (non-hydrogen) atoms. The van der Waals surface area contributed by atoms with Crippen LogP contribution in [0.3, 0.4) is 0 Å². The molecule has 0 saturated carbocycles. The molecule has 1 saturated heterocycles. The largest absolute Gasteiger partial charge is 0.328 e. The van der Waals surface area contributed by atoms with Gasteiger partial charge in [-0.3, -0.25) is 20.2 Å². The lowest BCUT2D eigenvalue weighted by Crippen LogP contribution is -2.61. The third kappa shape index (κ3) is 1.65. The number of imide groups is 2. The highest BCUT2D eigenvalue weighted by Crippen LogP contribution is 2.31. The Bertz CT molecular complexity index is 338. The standard InChI is InChI=1S/C10H14N2O3/c1-4-6(5-2)10(3)7(13)11-9(15)12-8(10)14/h4H,5H2,1-3H3,(H2,11,12,13,14,15)/b6-4+. The van der Waals surface area contributed by atoms with Gasteiger partial charge in [-0.05, 0) is 20.3 Å². The Hall–Kier alpha value is -1.65. The first-order valence-corrected chi connectivity index (χ1v) is 4.79. The molecule has 0 aromatic rings. The van der Waals surface area contributed by atoms with Gasteiger partial charge in [0, 0.05) is 0 Å². The number of allylic oxidation sites excluding steroid dienone is 1. The molecule has 1 fully saturated rings. The molecule has 4 amide bonds. The molecule has 0 bridgehead atoms. The van der Waals surface area contributed by atoms with E-state index in [-0.39, 0.29) is 0 Å². The van der Waals surface area contributed by atoms with Crippen molar-refractivity contribution >= 4 is 17.8 Å². The monoisotopic (exact) mass is 210 g/mol. The van der Waals surface area contributed by atoms with E-state index >= 15 is 0 Å². The van der Waals surface area contributed by atoms with E-state index in [4.69, 9.17) is 0 Å². The lowest BCUT2D eigenvalue weighted by molar-refractivity contribution is -0.140. The quantitative estimate of drug-likeness (QED) is 0.520. The summed E-state index contributed by atoms with van der Waals surface area (Å²) in [5, 5.41) is 4.20. The molecule has 0 aromatic heterocycles. The van der Waals surface area contributed by atoms with Crippen molar-refractivity contribution in [3.05, 3.63) is 11.6 Å². The summed E-state index contributed by atoms with van der Waals surface area (Å²) in [6.45, 7) is 5.14. The SMILES string of the molecule is C/C=C(\CC)C1(C)C(=O)NC(=O)NC1=O. The summed E-state index contributed by atoms with van der Waals surface area (Å²) in [5.41, 5.74) is -0.567. The molecular weight excluding hydrogens is 196 g/mol. The van der Waals surface area contributed by atoms with Crippen LogP contribution in [-0.4, -0.2) is 17.8 Å². The van der Waals surface area contributed by atoms with Gasteiger partial charge in [-0.15, -0.1) is 0 Å². The molecule has 1 rings (SSSR count). The van der Waals surface area contributed by atoms with Crippen LogP contribution in [0.15, 0.2) is 11.6 Å². The number of amides is 4. The van der Waals surface area contributed by atoms with Crippen LogP contribution in [0.25, 0.3) is 0 Å². The third-order valence-electron chi connectivity index (χ3n) is 2.73. The number of urea groups is 1. The normalized spacial score (nSPS) is 21.0. The molecule has 0 aliphatic carbocycles. The van der Waals surface area contributed by atoms with Crippen molar-refractivity contribution in [2.75, 3.05) is 0 Å². The Morgan fingerprint density at radius 2 is 1.73 bits per heavy atom. The van der Waals surface area contributed by atoms with E-state index < -0.39 is 23.3 Å². The lowest BCUT2D eigenvalue weighted by Gasteiger charge is -2.32. The summed E-state index contributed by atoms with van der Waals surface area (Å²) in [5.74, 6) is -1.13. The van der Waals surface area contributed by atoms with Crippen LogP contribution in [0, 0.1) is 5.41 Å². The van der Waals surface area contributed by atoms with E-state index in [1.807, 2.05) is 6.92 Å². The van der Waals surface area contributed by atoms with Crippen LogP contribution < -0.4 is 10.6 Å². The average molecular weight is 210 g/mol. The van der Waals surface area contributed by atoms with E-state index in [0.717, 1.165) is 0 Å². The van der Waals surface area contributed by atoms with E-state index in [9.17, 15) is 14.4 Å². The zero-order valence-electron chi connectivity index (χ0n) is 9.01. The molecule has 1 aliphatic rings. The Morgan fingerprint density at radius 1 is 1.27 bits per heavy atom. The predicted octanol–water partition coefficient (Wildman–Crippen LogP) is 0.715. The van der Waals surface area contributed by atoms with Gasteiger partial charge < -0.3 is 0 Å². The number of hydrogen-bond donors (Lipinski definition) is 2. The van der Waals surface area contributed by atoms with Crippen LogP contribution in [-0.2, 0) is 9.59 Å². The molecule has 0 radical (unpaired) electrons.